The molecule has 37 heavy (non-hydrogen) atoms. The van der Waals surface area contributed by atoms with Gasteiger partial charge in [0, 0.05) is 34.1 Å². The average Bonchev–Trinajstić information content (AvgIpc) is 3.29. The lowest BCUT2D eigenvalue weighted by Crippen LogP contribution is -2.39. The quantitative estimate of drug-likeness (QED) is 0.209. The number of hydrogen-bond donors (Lipinski definition) is 4. The number of benzene rings is 3. The molecule has 4 rings (SSSR count). The van der Waals surface area contributed by atoms with Crippen molar-refractivity contribution < 1.29 is 14.0 Å². The summed E-state index contributed by atoms with van der Waals surface area (Å²) in [6, 6.07) is 19.3. The topological polar surface area (TPSA) is 98.9 Å². The summed E-state index contributed by atoms with van der Waals surface area (Å²) < 4.78 is 14.5. The molecule has 4 aromatic rings. The normalized spacial score (nSPS) is 11.6. The Morgan fingerprint density at radius 3 is 2.51 bits per heavy atom. The average molecular weight is 520 g/mol. The van der Waals surface area contributed by atoms with Crippen molar-refractivity contribution in [2.45, 2.75) is 32.9 Å². The maximum atomic E-state index is 14.5. The number of aromatic amines is 1. The van der Waals surface area contributed by atoms with Crippen molar-refractivity contribution in [3.05, 3.63) is 106 Å². The fraction of sp³-hybridized carbons (Fsp3) is 0.179. The first kappa shape index (κ1) is 25.9. The van der Waals surface area contributed by atoms with Crippen molar-refractivity contribution in [2.24, 2.45) is 0 Å². The lowest BCUT2D eigenvalue weighted by molar-refractivity contribution is -0.105. The van der Waals surface area contributed by atoms with Crippen LogP contribution in [-0.4, -0.2) is 22.4 Å². The van der Waals surface area contributed by atoms with Crippen molar-refractivity contribution >= 4 is 29.7 Å². The maximum Gasteiger partial charge on any atom is 0.315 e. The summed E-state index contributed by atoms with van der Waals surface area (Å²) in [7, 11) is 0. The van der Waals surface area contributed by atoms with Crippen LogP contribution in [-0.2, 0) is 17.8 Å². The van der Waals surface area contributed by atoms with Gasteiger partial charge in [0.2, 0.25) is 6.41 Å². The second-order valence-electron chi connectivity index (χ2n) is 8.66. The third kappa shape index (κ3) is 6.34. The summed E-state index contributed by atoms with van der Waals surface area (Å²) in [4.78, 5) is 31.7. The molecule has 4 N–H and O–H groups in total. The molecule has 3 aromatic carbocycles. The van der Waals surface area contributed by atoms with E-state index in [2.05, 4.69) is 20.9 Å². The van der Waals surface area contributed by atoms with Crippen LogP contribution in [0.4, 0.5) is 14.9 Å². The van der Waals surface area contributed by atoms with E-state index in [9.17, 15) is 14.0 Å². The Bertz CT molecular complexity index is 1390. The van der Waals surface area contributed by atoms with E-state index in [1.807, 2.05) is 49.4 Å². The summed E-state index contributed by atoms with van der Waals surface area (Å²) in [5, 5.41) is 8.55. The molecule has 0 aliphatic heterocycles. The monoisotopic (exact) mass is 519 g/mol. The third-order valence-electron chi connectivity index (χ3n) is 6.01. The van der Waals surface area contributed by atoms with Gasteiger partial charge in [-0.15, -0.1) is 0 Å². The molecular weight excluding hydrogens is 493 g/mol. The van der Waals surface area contributed by atoms with Gasteiger partial charge in [0.1, 0.15) is 11.6 Å². The van der Waals surface area contributed by atoms with Crippen LogP contribution in [0.3, 0.4) is 0 Å². The highest BCUT2D eigenvalue weighted by Gasteiger charge is 2.21. The molecule has 0 aliphatic carbocycles. The highest BCUT2D eigenvalue weighted by Crippen LogP contribution is 2.26. The predicted molar refractivity (Wildman–Crippen MR) is 143 cm³/mol. The van der Waals surface area contributed by atoms with Crippen LogP contribution < -0.4 is 16.0 Å². The third-order valence-corrected chi connectivity index (χ3v) is 6.36. The maximum absolute atomic E-state index is 14.5. The second-order valence-corrected chi connectivity index (χ2v) is 9.07. The number of urea groups is 1. The Labute approximate surface area is 219 Å². The van der Waals surface area contributed by atoms with Gasteiger partial charge in [0.05, 0.1) is 11.7 Å². The van der Waals surface area contributed by atoms with E-state index >= 15 is 0 Å². The Morgan fingerprint density at radius 2 is 1.81 bits per heavy atom. The van der Waals surface area contributed by atoms with Crippen LogP contribution in [0.1, 0.15) is 34.3 Å². The van der Waals surface area contributed by atoms with E-state index in [0.29, 0.717) is 29.9 Å². The minimum Gasteiger partial charge on any atom is -0.344 e. The SMILES string of the molecule is Cc1ccc(Cl)c(CNC(=O)N[C@@H](Cc2ccccc2)c2nc(-c3ccc(NC=O)cc3)c(C)[nH]2)c1F. The number of nitrogens with zero attached hydrogens (tertiary/aromatic N) is 1. The van der Waals surface area contributed by atoms with Crippen molar-refractivity contribution in [1.82, 2.24) is 20.6 Å². The molecule has 3 amide bonds. The zero-order chi connectivity index (χ0) is 26.4. The number of carbonyl (C=O) groups excluding carboxylic acids is 2. The first-order valence-electron chi connectivity index (χ1n) is 11.7. The summed E-state index contributed by atoms with van der Waals surface area (Å²) in [6.45, 7) is 3.50. The van der Waals surface area contributed by atoms with Crippen LogP contribution in [0.25, 0.3) is 11.3 Å². The number of nitrogens with one attached hydrogen (secondary N) is 4. The van der Waals surface area contributed by atoms with Gasteiger partial charge in [0.15, 0.2) is 0 Å². The molecular formula is C28H27ClFN5O2. The number of rotatable bonds is 9. The molecule has 1 aromatic heterocycles. The van der Waals surface area contributed by atoms with E-state index in [4.69, 9.17) is 16.6 Å². The summed E-state index contributed by atoms with van der Waals surface area (Å²) in [6.07, 6.45) is 1.11. The lowest BCUT2D eigenvalue weighted by Gasteiger charge is -2.18. The molecule has 0 bridgehead atoms. The Hall–Kier alpha value is -4.17. The van der Waals surface area contributed by atoms with Gasteiger partial charge in [-0.2, -0.15) is 0 Å². The Kier molecular flexibility index (Phi) is 8.20. The molecule has 0 saturated heterocycles. The number of imidazole rings is 1. The fourth-order valence-electron chi connectivity index (χ4n) is 4.04. The number of hydrogen-bond acceptors (Lipinski definition) is 3. The van der Waals surface area contributed by atoms with Gasteiger partial charge in [-0.1, -0.05) is 60.1 Å². The second kappa shape index (κ2) is 11.7. The molecule has 1 atom stereocenters. The summed E-state index contributed by atoms with van der Waals surface area (Å²) in [5.74, 6) is 0.149. The van der Waals surface area contributed by atoms with Crippen molar-refractivity contribution in [2.75, 3.05) is 5.32 Å². The molecule has 190 valence electrons. The van der Waals surface area contributed by atoms with Crippen LogP contribution in [0.5, 0.6) is 0 Å². The molecule has 0 fully saturated rings. The molecule has 0 saturated carbocycles. The van der Waals surface area contributed by atoms with Crippen LogP contribution in [0.15, 0.2) is 66.7 Å². The van der Waals surface area contributed by atoms with Gasteiger partial charge in [0.25, 0.3) is 0 Å². The molecule has 1 heterocycles. The number of anilines is 1. The minimum absolute atomic E-state index is 0.0557. The molecule has 7 nitrogen and oxygen atoms in total. The van der Waals surface area contributed by atoms with Crippen molar-refractivity contribution in [3.63, 3.8) is 0 Å². The van der Waals surface area contributed by atoms with Crippen LogP contribution in [0, 0.1) is 19.7 Å². The van der Waals surface area contributed by atoms with E-state index < -0.39 is 17.9 Å². The number of amides is 3. The number of aromatic nitrogens is 2. The first-order valence-corrected chi connectivity index (χ1v) is 12.1. The van der Waals surface area contributed by atoms with E-state index in [1.165, 1.54) is 0 Å². The molecule has 0 unspecified atom stereocenters. The smallest absolute Gasteiger partial charge is 0.315 e. The molecule has 9 heteroatoms. The lowest BCUT2D eigenvalue weighted by atomic mass is 10.1. The van der Waals surface area contributed by atoms with Gasteiger partial charge in [-0.25, -0.2) is 14.2 Å². The molecule has 0 spiro atoms. The predicted octanol–water partition coefficient (Wildman–Crippen LogP) is 5.84. The summed E-state index contributed by atoms with van der Waals surface area (Å²) >= 11 is 6.15. The minimum atomic E-state index is -0.483. The highest BCUT2D eigenvalue weighted by atomic mass is 35.5. The van der Waals surface area contributed by atoms with E-state index in [0.717, 1.165) is 22.5 Å². The number of aryl methyl sites for hydroxylation is 2. The van der Waals surface area contributed by atoms with Gasteiger partial charge >= 0.3 is 6.03 Å². The van der Waals surface area contributed by atoms with Crippen LogP contribution >= 0.6 is 11.6 Å². The highest BCUT2D eigenvalue weighted by molar-refractivity contribution is 6.31. The largest absolute Gasteiger partial charge is 0.344 e. The number of H-pyrrole nitrogens is 1. The van der Waals surface area contributed by atoms with E-state index in [1.54, 1.807) is 31.2 Å². The van der Waals surface area contributed by atoms with Gasteiger partial charge < -0.3 is 20.9 Å². The number of halogens is 2. The van der Waals surface area contributed by atoms with Crippen molar-refractivity contribution in [3.8, 4) is 11.3 Å². The Balaban J connectivity index is 1.55. The molecule has 0 aliphatic rings. The molecule has 0 radical (unpaired) electrons. The van der Waals surface area contributed by atoms with Crippen molar-refractivity contribution in [1.29, 1.82) is 0 Å². The first-order chi connectivity index (χ1) is 17.9. The van der Waals surface area contributed by atoms with E-state index in [-0.39, 0.29) is 17.1 Å². The Morgan fingerprint density at radius 1 is 1.08 bits per heavy atom. The summed E-state index contributed by atoms with van der Waals surface area (Å²) in [5.41, 5.74) is 4.82. The van der Waals surface area contributed by atoms with Gasteiger partial charge in [-0.3, -0.25) is 4.79 Å². The zero-order valence-electron chi connectivity index (χ0n) is 20.4. The standard InChI is InChI=1S/C28H27ClFN5O2/c1-17-8-13-23(29)22(25(17)30)15-31-28(37)34-24(14-19-6-4-3-5-7-19)27-33-18(2)26(35-27)20-9-11-21(12-10-20)32-16-36/h3-13,16,24H,14-15H2,1-2H3,(H,32,36)(H,33,35)(H2,31,34,37)/t24-/m0/s1. The van der Waals surface area contributed by atoms with Crippen LogP contribution in [0.2, 0.25) is 5.02 Å². The van der Waals surface area contributed by atoms with Gasteiger partial charge in [-0.05, 0) is 49.6 Å². The zero-order valence-corrected chi connectivity index (χ0v) is 21.2. The number of carbonyl (C=O) groups is 2. The fourth-order valence-corrected chi connectivity index (χ4v) is 4.26.